The van der Waals surface area contributed by atoms with Gasteiger partial charge in [-0.25, -0.2) is 0 Å². The van der Waals surface area contributed by atoms with Crippen LogP contribution >= 0.6 is 0 Å². The van der Waals surface area contributed by atoms with Gasteiger partial charge in [0.25, 0.3) is 0 Å². The highest BCUT2D eigenvalue weighted by Gasteiger charge is 1.91. The highest BCUT2D eigenvalue weighted by Crippen LogP contribution is 2.07. The number of hydrogen-bond donors (Lipinski definition) is 2. The molecule has 1 rings (SSSR count). The van der Waals surface area contributed by atoms with E-state index in [0.717, 1.165) is 5.56 Å². The number of terminal acetylenes is 1. The summed E-state index contributed by atoms with van der Waals surface area (Å²) in [6, 6.07) is 9.62. The number of nitrogens with two attached hydrogens (primary N) is 2. The topological polar surface area (TPSA) is 52.0 Å². The molecule has 0 aliphatic heterocycles. The van der Waals surface area contributed by atoms with Crippen molar-refractivity contribution in [3.63, 3.8) is 0 Å². The molecule has 14 heavy (non-hydrogen) atoms. The molecule has 0 radical (unpaired) electrons. The Balaban J connectivity index is 2.87. The van der Waals surface area contributed by atoms with E-state index in [-0.39, 0.29) is 0 Å². The van der Waals surface area contributed by atoms with Gasteiger partial charge in [0.1, 0.15) is 0 Å². The maximum absolute atomic E-state index is 5.79. The van der Waals surface area contributed by atoms with Crippen molar-refractivity contribution in [2.75, 3.05) is 0 Å². The van der Waals surface area contributed by atoms with Crippen LogP contribution in [0.3, 0.4) is 0 Å². The first-order valence-electron chi connectivity index (χ1n) is 4.19. The third-order valence-electron chi connectivity index (χ3n) is 1.72. The summed E-state index contributed by atoms with van der Waals surface area (Å²) in [6.07, 6.45) is 8.40. The monoisotopic (exact) mass is 184 g/mol. The summed E-state index contributed by atoms with van der Waals surface area (Å²) in [6.45, 7) is 0. The highest BCUT2D eigenvalue weighted by molar-refractivity contribution is 5.64. The smallest absolute Gasteiger partial charge is 0.0825 e. The zero-order valence-corrected chi connectivity index (χ0v) is 7.77. The molecule has 0 fully saturated rings. The van der Waals surface area contributed by atoms with Crippen molar-refractivity contribution >= 4 is 5.70 Å². The van der Waals surface area contributed by atoms with Gasteiger partial charge in [-0.3, -0.25) is 0 Å². The third kappa shape index (κ3) is 2.72. The zero-order valence-electron chi connectivity index (χ0n) is 7.77. The zero-order chi connectivity index (χ0) is 10.4. The molecule has 0 amide bonds. The first kappa shape index (κ1) is 9.94. The quantitative estimate of drug-likeness (QED) is 0.540. The molecular formula is C12H12N2. The lowest BCUT2D eigenvalue weighted by Crippen LogP contribution is -1.96. The molecule has 0 saturated heterocycles. The molecule has 0 aromatic heterocycles. The minimum atomic E-state index is 0.365. The van der Waals surface area contributed by atoms with Gasteiger partial charge in [-0.05, 0) is 17.7 Å². The summed E-state index contributed by atoms with van der Waals surface area (Å²) in [5.41, 5.74) is 13.2. The summed E-state index contributed by atoms with van der Waals surface area (Å²) < 4.78 is 0. The lowest BCUT2D eigenvalue weighted by atomic mass is 10.1. The lowest BCUT2D eigenvalue weighted by Gasteiger charge is -1.98. The maximum Gasteiger partial charge on any atom is 0.0825 e. The Labute approximate surface area is 83.9 Å². The van der Waals surface area contributed by atoms with Crippen LogP contribution in [-0.2, 0) is 0 Å². The second-order valence-corrected chi connectivity index (χ2v) is 2.75. The normalized spacial score (nSPS) is 12.2. The molecule has 0 unspecified atom stereocenters. The van der Waals surface area contributed by atoms with Crippen molar-refractivity contribution in [3.05, 3.63) is 53.7 Å². The van der Waals surface area contributed by atoms with Gasteiger partial charge in [-0.1, -0.05) is 36.3 Å². The Morgan fingerprint density at radius 1 is 1.14 bits per heavy atom. The minimum Gasteiger partial charge on any atom is -0.398 e. The van der Waals surface area contributed by atoms with Crippen molar-refractivity contribution in [2.45, 2.75) is 0 Å². The van der Waals surface area contributed by atoms with Gasteiger partial charge < -0.3 is 11.5 Å². The Morgan fingerprint density at radius 3 is 2.36 bits per heavy atom. The molecule has 0 spiro atoms. The van der Waals surface area contributed by atoms with E-state index in [4.69, 9.17) is 17.9 Å². The molecule has 4 N–H and O–H groups in total. The molecule has 0 saturated carbocycles. The van der Waals surface area contributed by atoms with Crippen LogP contribution in [-0.4, -0.2) is 0 Å². The van der Waals surface area contributed by atoms with E-state index in [9.17, 15) is 0 Å². The second-order valence-electron chi connectivity index (χ2n) is 2.75. The van der Waals surface area contributed by atoms with Crippen molar-refractivity contribution in [1.29, 1.82) is 0 Å². The van der Waals surface area contributed by atoms with Gasteiger partial charge >= 0.3 is 0 Å². The Morgan fingerprint density at radius 2 is 1.79 bits per heavy atom. The standard InChI is InChI=1S/C12H12N2/c1-2-11(13)8-9-12(14)10-6-4-3-5-7-10/h1,3-9H,13-14H2/b11-8-,12-9-. The molecule has 2 heteroatoms. The first-order chi connectivity index (χ1) is 6.74. The molecule has 1 aromatic carbocycles. The van der Waals surface area contributed by atoms with Crippen LogP contribution in [0.15, 0.2) is 48.2 Å². The fourth-order valence-corrected chi connectivity index (χ4v) is 0.954. The molecule has 0 atom stereocenters. The average Bonchev–Trinajstić information content (AvgIpc) is 2.26. The number of rotatable bonds is 2. The van der Waals surface area contributed by atoms with Crippen molar-refractivity contribution < 1.29 is 0 Å². The predicted molar refractivity (Wildman–Crippen MR) is 59.7 cm³/mol. The summed E-state index contributed by atoms with van der Waals surface area (Å²) >= 11 is 0. The summed E-state index contributed by atoms with van der Waals surface area (Å²) in [5.74, 6) is 2.31. The van der Waals surface area contributed by atoms with E-state index < -0.39 is 0 Å². The molecule has 1 aromatic rings. The Kier molecular flexibility index (Phi) is 3.40. The molecule has 2 nitrogen and oxygen atoms in total. The fraction of sp³-hybridized carbons (Fsp3) is 0. The van der Waals surface area contributed by atoms with E-state index >= 15 is 0 Å². The van der Waals surface area contributed by atoms with E-state index in [1.807, 2.05) is 30.3 Å². The Hall–Kier alpha value is -2.14. The van der Waals surface area contributed by atoms with Crippen LogP contribution in [0.25, 0.3) is 5.70 Å². The predicted octanol–water partition coefficient (Wildman–Crippen LogP) is 1.46. The number of allylic oxidation sites excluding steroid dienone is 3. The SMILES string of the molecule is C#C/C(N)=C/C=C(\N)c1ccccc1. The van der Waals surface area contributed by atoms with Gasteiger partial charge in [0, 0.05) is 5.70 Å². The van der Waals surface area contributed by atoms with Crippen molar-refractivity contribution in [2.24, 2.45) is 11.5 Å². The molecule has 0 bridgehead atoms. The van der Waals surface area contributed by atoms with Gasteiger partial charge in [-0.2, -0.15) is 0 Å². The highest BCUT2D eigenvalue weighted by atomic mass is 14.6. The maximum atomic E-state index is 5.79. The molecule has 0 aliphatic rings. The van der Waals surface area contributed by atoms with Crippen LogP contribution in [0, 0.1) is 12.3 Å². The second kappa shape index (κ2) is 4.78. The van der Waals surface area contributed by atoms with Crippen LogP contribution in [0.2, 0.25) is 0 Å². The van der Waals surface area contributed by atoms with Crippen LogP contribution in [0.5, 0.6) is 0 Å². The third-order valence-corrected chi connectivity index (χ3v) is 1.72. The lowest BCUT2D eigenvalue weighted by molar-refractivity contribution is 1.45. The van der Waals surface area contributed by atoms with Crippen molar-refractivity contribution in [3.8, 4) is 12.3 Å². The van der Waals surface area contributed by atoms with Crippen molar-refractivity contribution in [1.82, 2.24) is 0 Å². The molecule has 70 valence electrons. The van der Waals surface area contributed by atoms with Gasteiger partial charge in [0.2, 0.25) is 0 Å². The number of hydrogen-bond acceptors (Lipinski definition) is 2. The Bertz CT molecular complexity index is 394. The molecule has 0 heterocycles. The first-order valence-corrected chi connectivity index (χ1v) is 4.19. The van der Waals surface area contributed by atoms with Gasteiger partial charge in [0.15, 0.2) is 0 Å². The fourth-order valence-electron chi connectivity index (χ4n) is 0.954. The van der Waals surface area contributed by atoms with Gasteiger partial charge in [-0.15, -0.1) is 6.42 Å². The minimum absolute atomic E-state index is 0.365. The molecular weight excluding hydrogens is 172 g/mol. The van der Waals surface area contributed by atoms with Crippen LogP contribution < -0.4 is 11.5 Å². The van der Waals surface area contributed by atoms with E-state index in [2.05, 4.69) is 5.92 Å². The summed E-state index contributed by atoms with van der Waals surface area (Å²) in [5, 5.41) is 0. The van der Waals surface area contributed by atoms with E-state index in [0.29, 0.717) is 11.4 Å². The van der Waals surface area contributed by atoms with Gasteiger partial charge in [0.05, 0.1) is 5.70 Å². The van der Waals surface area contributed by atoms with Crippen LogP contribution in [0.4, 0.5) is 0 Å². The van der Waals surface area contributed by atoms with E-state index in [1.165, 1.54) is 0 Å². The van der Waals surface area contributed by atoms with E-state index in [1.54, 1.807) is 12.2 Å². The average molecular weight is 184 g/mol. The summed E-state index contributed by atoms with van der Waals surface area (Å²) in [7, 11) is 0. The molecule has 0 aliphatic carbocycles. The summed E-state index contributed by atoms with van der Waals surface area (Å²) in [4.78, 5) is 0. The number of benzene rings is 1. The largest absolute Gasteiger partial charge is 0.398 e. The van der Waals surface area contributed by atoms with Crippen LogP contribution in [0.1, 0.15) is 5.56 Å².